The van der Waals surface area contributed by atoms with Crippen molar-refractivity contribution in [3.63, 3.8) is 0 Å². The van der Waals surface area contributed by atoms with Crippen molar-refractivity contribution in [3.05, 3.63) is 89.7 Å². The average molecular weight is 406 g/mol. The minimum Gasteiger partial charge on any atom is -0.484 e. The van der Waals surface area contributed by atoms with Crippen molar-refractivity contribution in [2.24, 2.45) is 0 Å². The van der Waals surface area contributed by atoms with Crippen LogP contribution in [0.25, 0.3) is 11.0 Å². The highest BCUT2D eigenvalue weighted by molar-refractivity contribution is 6.32. The van der Waals surface area contributed by atoms with Crippen LogP contribution in [0, 0.1) is 0 Å². The Morgan fingerprint density at radius 3 is 2.48 bits per heavy atom. The van der Waals surface area contributed by atoms with Gasteiger partial charge in [-0.15, -0.1) is 0 Å². The predicted octanol–water partition coefficient (Wildman–Crippen LogP) is 4.93. The van der Waals surface area contributed by atoms with Gasteiger partial charge in [0.2, 0.25) is 5.91 Å². The first-order valence-electron chi connectivity index (χ1n) is 9.26. The molecule has 5 nitrogen and oxygen atoms in total. The SMILES string of the molecule is CN(C(=O)Cn1c(COc2ccccc2Cl)nc2ccccc21)c1ccccc1. The fourth-order valence-corrected chi connectivity index (χ4v) is 3.34. The molecule has 0 N–H and O–H groups in total. The van der Waals surface area contributed by atoms with Crippen LogP contribution < -0.4 is 9.64 Å². The quantitative estimate of drug-likeness (QED) is 0.457. The predicted molar refractivity (Wildman–Crippen MR) is 115 cm³/mol. The maximum absolute atomic E-state index is 13.0. The summed E-state index contributed by atoms with van der Waals surface area (Å²) in [5, 5.41) is 0.537. The largest absolute Gasteiger partial charge is 0.484 e. The lowest BCUT2D eigenvalue weighted by Crippen LogP contribution is -2.30. The van der Waals surface area contributed by atoms with Gasteiger partial charge >= 0.3 is 0 Å². The summed E-state index contributed by atoms with van der Waals surface area (Å²) in [5.41, 5.74) is 2.55. The van der Waals surface area contributed by atoms with Crippen molar-refractivity contribution >= 4 is 34.2 Å². The third-order valence-corrected chi connectivity index (χ3v) is 5.05. The molecule has 0 unspecified atom stereocenters. The number of likely N-dealkylation sites (N-methyl/N-ethyl adjacent to an activating group) is 1. The zero-order valence-electron chi connectivity index (χ0n) is 16.0. The average Bonchev–Trinajstić information content (AvgIpc) is 3.10. The molecule has 0 spiro atoms. The second-order valence-electron chi connectivity index (χ2n) is 6.61. The van der Waals surface area contributed by atoms with Gasteiger partial charge in [0, 0.05) is 12.7 Å². The van der Waals surface area contributed by atoms with E-state index in [-0.39, 0.29) is 19.1 Å². The van der Waals surface area contributed by atoms with Gasteiger partial charge in [-0.3, -0.25) is 4.79 Å². The summed E-state index contributed by atoms with van der Waals surface area (Å²) < 4.78 is 7.78. The second-order valence-corrected chi connectivity index (χ2v) is 7.02. The summed E-state index contributed by atoms with van der Waals surface area (Å²) in [7, 11) is 1.77. The lowest BCUT2D eigenvalue weighted by Gasteiger charge is -2.19. The fourth-order valence-electron chi connectivity index (χ4n) is 3.15. The topological polar surface area (TPSA) is 47.4 Å². The van der Waals surface area contributed by atoms with Crippen LogP contribution in [-0.4, -0.2) is 22.5 Å². The molecular formula is C23H20ClN3O2. The Hall–Kier alpha value is -3.31. The van der Waals surface area contributed by atoms with Crippen molar-refractivity contribution < 1.29 is 9.53 Å². The monoisotopic (exact) mass is 405 g/mol. The number of hydrogen-bond acceptors (Lipinski definition) is 3. The van der Waals surface area contributed by atoms with Gasteiger partial charge in [-0.25, -0.2) is 4.98 Å². The minimum absolute atomic E-state index is 0.0432. The highest BCUT2D eigenvalue weighted by Gasteiger charge is 2.17. The summed E-state index contributed by atoms with van der Waals surface area (Å²) in [4.78, 5) is 19.3. The summed E-state index contributed by atoms with van der Waals surface area (Å²) in [6, 6.07) is 24.6. The molecule has 1 aromatic heterocycles. The first-order valence-corrected chi connectivity index (χ1v) is 9.64. The number of ether oxygens (including phenoxy) is 1. The van der Waals surface area contributed by atoms with Gasteiger partial charge < -0.3 is 14.2 Å². The number of fused-ring (bicyclic) bond motifs is 1. The van der Waals surface area contributed by atoms with Crippen LogP contribution in [0.15, 0.2) is 78.9 Å². The molecule has 0 fully saturated rings. The molecule has 0 atom stereocenters. The third-order valence-electron chi connectivity index (χ3n) is 4.74. The van der Waals surface area contributed by atoms with Gasteiger partial charge in [-0.1, -0.05) is 54.1 Å². The van der Waals surface area contributed by atoms with Crippen LogP contribution in [0.1, 0.15) is 5.82 Å². The van der Waals surface area contributed by atoms with E-state index in [1.807, 2.05) is 77.4 Å². The zero-order chi connectivity index (χ0) is 20.2. The first-order chi connectivity index (χ1) is 14.1. The summed E-state index contributed by atoms with van der Waals surface area (Å²) in [5.74, 6) is 1.21. The standard InChI is InChI=1S/C23H20ClN3O2/c1-26(17-9-3-2-4-10-17)23(28)15-27-20-13-7-6-12-19(20)25-22(27)16-29-21-14-8-5-11-18(21)24/h2-14H,15-16H2,1H3. The molecular weight excluding hydrogens is 386 g/mol. The van der Waals surface area contributed by atoms with E-state index in [0.717, 1.165) is 16.7 Å². The third kappa shape index (κ3) is 4.10. The molecule has 1 heterocycles. The van der Waals surface area contributed by atoms with E-state index in [1.165, 1.54) is 0 Å². The zero-order valence-corrected chi connectivity index (χ0v) is 16.7. The van der Waals surface area contributed by atoms with E-state index in [0.29, 0.717) is 16.6 Å². The summed E-state index contributed by atoms with van der Waals surface area (Å²) in [6.45, 7) is 0.369. The molecule has 0 bridgehead atoms. The Morgan fingerprint density at radius 2 is 1.69 bits per heavy atom. The Morgan fingerprint density at radius 1 is 1.00 bits per heavy atom. The number of aromatic nitrogens is 2. The van der Waals surface area contributed by atoms with Gasteiger partial charge in [-0.2, -0.15) is 0 Å². The van der Waals surface area contributed by atoms with Crippen molar-refractivity contribution in [2.45, 2.75) is 13.2 Å². The maximum atomic E-state index is 13.0. The number of hydrogen-bond donors (Lipinski definition) is 0. The number of imidazole rings is 1. The molecule has 29 heavy (non-hydrogen) atoms. The number of rotatable bonds is 6. The molecule has 4 rings (SSSR count). The molecule has 6 heteroatoms. The number of carbonyl (C=O) groups is 1. The normalized spacial score (nSPS) is 10.8. The van der Waals surface area contributed by atoms with E-state index < -0.39 is 0 Å². The summed E-state index contributed by atoms with van der Waals surface area (Å²) >= 11 is 6.19. The van der Waals surface area contributed by atoms with E-state index in [1.54, 1.807) is 18.0 Å². The van der Waals surface area contributed by atoms with Crippen LogP contribution in [0.3, 0.4) is 0 Å². The molecule has 0 aliphatic heterocycles. The van der Waals surface area contributed by atoms with E-state index in [4.69, 9.17) is 16.3 Å². The van der Waals surface area contributed by atoms with Gasteiger partial charge in [0.1, 0.15) is 24.7 Å². The van der Waals surface area contributed by atoms with Crippen molar-refractivity contribution in [1.29, 1.82) is 0 Å². The Labute approximate surface area is 174 Å². The number of anilines is 1. The number of benzene rings is 3. The molecule has 1 amide bonds. The van der Waals surface area contributed by atoms with E-state index >= 15 is 0 Å². The van der Waals surface area contributed by atoms with Gasteiger partial charge in [0.25, 0.3) is 0 Å². The molecule has 3 aromatic carbocycles. The molecule has 0 aliphatic carbocycles. The minimum atomic E-state index is -0.0432. The molecule has 0 saturated heterocycles. The Kier molecular flexibility index (Phi) is 5.49. The van der Waals surface area contributed by atoms with E-state index in [9.17, 15) is 4.79 Å². The molecule has 146 valence electrons. The van der Waals surface area contributed by atoms with Crippen LogP contribution in [0.5, 0.6) is 5.75 Å². The summed E-state index contributed by atoms with van der Waals surface area (Å²) in [6.07, 6.45) is 0. The van der Waals surface area contributed by atoms with Crippen LogP contribution >= 0.6 is 11.6 Å². The number of amides is 1. The van der Waals surface area contributed by atoms with Gasteiger partial charge in [0.05, 0.1) is 16.1 Å². The van der Waals surface area contributed by atoms with Crippen molar-refractivity contribution in [1.82, 2.24) is 9.55 Å². The van der Waals surface area contributed by atoms with Gasteiger partial charge in [-0.05, 0) is 36.4 Å². The lowest BCUT2D eigenvalue weighted by atomic mass is 10.3. The Bertz CT molecular complexity index is 1140. The van der Waals surface area contributed by atoms with Crippen LogP contribution in [-0.2, 0) is 17.9 Å². The highest BCUT2D eigenvalue weighted by Crippen LogP contribution is 2.25. The van der Waals surface area contributed by atoms with Crippen LogP contribution in [0.2, 0.25) is 5.02 Å². The number of carbonyl (C=O) groups excluding carboxylic acids is 1. The number of halogens is 1. The fraction of sp³-hybridized carbons (Fsp3) is 0.130. The van der Waals surface area contributed by atoms with Crippen LogP contribution in [0.4, 0.5) is 5.69 Å². The molecule has 0 aliphatic rings. The molecule has 4 aromatic rings. The smallest absolute Gasteiger partial charge is 0.246 e. The van der Waals surface area contributed by atoms with Crippen molar-refractivity contribution in [3.8, 4) is 5.75 Å². The lowest BCUT2D eigenvalue weighted by molar-refractivity contribution is -0.118. The maximum Gasteiger partial charge on any atom is 0.246 e. The Balaban J connectivity index is 1.61. The highest BCUT2D eigenvalue weighted by atomic mass is 35.5. The molecule has 0 saturated carbocycles. The second kappa shape index (κ2) is 8.37. The number of nitrogens with zero attached hydrogens (tertiary/aromatic N) is 3. The first kappa shape index (κ1) is 19.0. The number of para-hydroxylation sites is 4. The van der Waals surface area contributed by atoms with E-state index in [2.05, 4.69) is 4.98 Å². The van der Waals surface area contributed by atoms with Gasteiger partial charge in [0.15, 0.2) is 0 Å². The van der Waals surface area contributed by atoms with Crippen molar-refractivity contribution in [2.75, 3.05) is 11.9 Å². The molecule has 0 radical (unpaired) electrons.